The standard InChI is InChI=1S/C13H15O2/c14-12-15-11-7-2-1-4-8-13-9-5-3-6-10-13/h3-6,8-10H,1-2,7,11H2. The minimum Gasteiger partial charge on any atom is -0.457 e. The summed E-state index contributed by atoms with van der Waals surface area (Å²) in [5.41, 5.74) is 1.22. The van der Waals surface area contributed by atoms with Crippen LogP contribution in [0.5, 0.6) is 0 Å². The second kappa shape index (κ2) is 7.80. The second-order valence-corrected chi connectivity index (χ2v) is 3.24. The van der Waals surface area contributed by atoms with Crippen molar-refractivity contribution < 1.29 is 9.53 Å². The maximum Gasteiger partial charge on any atom is 0.417 e. The van der Waals surface area contributed by atoms with Crippen LogP contribution in [-0.2, 0) is 9.53 Å². The third-order valence-corrected chi connectivity index (χ3v) is 2.04. The monoisotopic (exact) mass is 203 g/mol. The van der Waals surface area contributed by atoms with E-state index in [-0.39, 0.29) is 0 Å². The molecule has 2 heteroatoms. The molecule has 1 aromatic rings. The Labute approximate surface area is 90.6 Å². The summed E-state index contributed by atoms with van der Waals surface area (Å²) >= 11 is 0. The van der Waals surface area contributed by atoms with E-state index in [0.29, 0.717) is 6.61 Å². The van der Waals surface area contributed by atoms with Crippen LogP contribution >= 0.6 is 0 Å². The molecule has 0 fully saturated rings. The highest BCUT2D eigenvalue weighted by molar-refractivity contribution is 5.48. The van der Waals surface area contributed by atoms with Crippen LogP contribution in [-0.4, -0.2) is 13.1 Å². The van der Waals surface area contributed by atoms with Gasteiger partial charge < -0.3 is 4.74 Å². The molecule has 0 saturated carbocycles. The van der Waals surface area contributed by atoms with Crippen molar-refractivity contribution in [3.8, 4) is 0 Å². The Kier molecular flexibility index (Phi) is 5.98. The molecule has 0 saturated heterocycles. The van der Waals surface area contributed by atoms with E-state index in [1.165, 1.54) is 12.0 Å². The molecule has 0 N–H and O–H groups in total. The molecule has 0 aliphatic rings. The molecule has 1 rings (SSSR count). The minimum atomic E-state index is 0.475. The van der Waals surface area contributed by atoms with Crippen molar-refractivity contribution in [2.75, 3.05) is 6.61 Å². The highest BCUT2D eigenvalue weighted by Gasteiger charge is 1.87. The molecule has 0 heterocycles. The highest BCUT2D eigenvalue weighted by Crippen LogP contribution is 2.04. The fourth-order valence-corrected chi connectivity index (χ4v) is 1.26. The first-order valence-electron chi connectivity index (χ1n) is 5.14. The zero-order valence-corrected chi connectivity index (χ0v) is 8.69. The summed E-state index contributed by atoms with van der Waals surface area (Å²) in [6, 6.07) is 10.2. The molecular weight excluding hydrogens is 188 g/mol. The third-order valence-electron chi connectivity index (χ3n) is 2.04. The quantitative estimate of drug-likeness (QED) is 0.637. The normalized spacial score (nSPS) is 10.4. The molecule has 0 unspecified atom stereocenters. The van der Waals surface area contributed by atoms with E-state index in [2.05, 4.69) is 29.0 Å². The molecule has 0 atom stereocenters. The van der Waals surface area contributed by atoms with Crippen molar-refractivity contribution in [2.24, 2.45) is 0 Å². The van der Waals surface area contributed by atoms with Crippen molar-refractivity contribution in [3.63, 3.8) is 0 Å². The minimum absolute atomic E-state index is 0.475. The second-order valence-electron chi connectivity index (χ2n) is 3.24. The van der Waals surface area contributed by atoms with Crippen molar-refractivity contribution in [1.29, 1.82) is 0 Å². The molecule has 1 radical (unpaired) electrons. The van der Waals surface area contributed by atoms with Gasteiger partial charge in [-0.25, -0.2) is 4.79 Å². The van der Waals surface area contributed by atoms with Gasteiger partial charge in [0.15, 0.2) is 0 Å². The Bertz CT molecular complexity index is 291. The van der Waals surface area contributed by atoms with Gasteiger partial charge >= 0.3 is 6.47 Å². The summed E-state index contributed by atoms with van der Waals surface area (Å²) in [6.45, 7) is 1.89. The number of ether oxygens (including phenoxy) is 1. The smallest absolute Gasteiger partial charge is 0.417 e. The van der Waals surface area contributed by atoms with E-state index in [9.17, 15) is 4.79 Å². The molecular formula is C13H15O2. The summed E-state index contributed by atoms with van der Waals surface area (Å²) in [7, 11) is 0. The van der Waals surface area contributed by atoms with Crippen LogP contribution in [0.25, 0.3) is 6.08 Å². The molecule has 0 bridgehead atoms. The number of unbranched alkanes of at least 4 members (excludes halogenated alkanes) is 2. The van der Waals surface area contributed by atoms with Crippen LogP contribution in [0.2, 0.25) is 0 Å². The Morgan fingerprint density at radius 3 is 2.73 bits per heavy atom. The van der Waals surface area contributed by atoms with E-state index in [4.69, 9.17) is 0 Å². The number of carbonyl (C=O) groups excluding carboxylic acids is 1. The van der Waals surface area contributed by atoms with Gasteiger partial charge in [0.05, 0.1) is 6.61 Å². The van der Waals surface area contributed by atoms with Crippen LogP contribution < -0.4 is 0 Å². The summed E-state index contributed by atoms with van der Waals surface area (Å²) < 4.78 is 4.47. The molecule has 15 heavy (non-hydrogen) atoms. The van der Waals surface area contributed by atoms with Crippen molar-refractivity contribution in [2.45, 2.75) is 19.3 Å². The average molecular weight is 203 g/mol. The predicted molar refractivity (Wildman–Crippen MR) is 61.0 cm³/mol. The van der Waals surface area contributed by atoms with Gasteiger partial charge in [-0.05, 0) is 24.8 Å². The maximum atomic E-state index is 9.72. The molecule has 0 aliphatic heterocycles. The van der Waals surface area contributed by atoms with Gasteiger partial charge in [-0.1, -0.05) is 42.5 Å². The number of benzene rings is 1. The van der Waals surface area contributed by atoms with E-state index >= 15 is 0 Å². The van der Waals surface area contributed by atoms with Crippen LogP contribution in [0, 0.1) is 0 Å². The Balaban J connectivity index is 2.10. The van der Waals surface area contributed by atoms with E-state index in [1.54, 1.807) is 0 Å². The van der Waals surface area contributed by atoms with Gasteiger partial charge in [0, 0.05) is 0 Å². The first-order chi connectivity index (χ1) is 7.43. The summed E-state index contributed by atoms with van der Waals surface area (Å²) in [5, 5.41) is 0. The molecule has 0 amide bonds. The third kappa shape index (κ3) is 5.68. The van der Waals surface area contributed by atoms with Gasteiger partial charge in [0.1, 0.15) is 0 Å². The SMILES string of the molecule is O=[C]OCCCCC=Cc1ccccc1. The maximum absolute atomic E-state index is 9.72. The summed E-state index contributed by atoms with van der Waals surface area (Å²) in [5.74, 6) is 0. The Hall–Kier alpha value is -1.57. The van der Waals surface area contributed by atoms with Gasteiger partial charge in [-0.2, -0.15) is 0 Å². The molecule has 0 aliphatic carbocycles. The summed E-state index contributed by atoms with van der Waals surface area (Å²) in [6.07, 6.45) is 7.18. The number of hydrogen-bond acceptors (Lipinski definition) is 2. The van der Waals surface area contributed by atoms with Crippen molar-refractivity contribution >= 4 is 12.5 Å². The lowest BCUT2D eigenvalue weighted by molar-refractivity contribution is 0.270. The van der Waals surface area contributed by atoms with Crippen LogP contribution in [0.15, 0.2) is 36.4 Å². The molecule has 79 valence electrons. The summed E-state index contributed by atoms with van der Waals surface area (Å²) in [4.78, 5) is 9.72. The first-order valence-corrected chi connectivity index (χ1v) is 5.14. The van der Waals surface area contributed by atoms with Gasteiger partial charge in [-0.15, -0.1) is 0 Å². The first kappa shape index (κ1) is 11.5. The zero-order valence-electron chi connectivity index (χ0n) is 8.69. The lowest BCUT2D eigenvalue weighted by Crippen LogP contribution is -1.90. The van der Waals surface area contributed by atoms with Crippen LogP contribution in [0.4, 0.5) is 0 Å². The van der Waals surface area contributed by atoms with Crippen molar-refractivity contribution in [1.82, 2.24) is 0 Å². The predicted octanol–water partition coefficient (Wildman–Crippen LogP) is 2.95. The molecule has 0 spiro atoms. The van der Waals surface area contributed by atoms with Gasteiger partial charge in [-0.3, -0.25) is 0 Å². The largest absolute Gasteiger partial charge is 0.457 e. The average Bonchev–Trinajstić information content (AvgIpc) is 2.29. The highest BCUT2D eigenvalue weighted by atomic mass is 16.5. The van der Waals surface area contributed by atoms with E-state index < -0.39 is 0 Å². The van der Waals surface area contributed by atoms with Gasteiger partial charge in [0.25, 0.3) is 0 Å². The Morgan fingerprint density at radius 1 is 1.20 bits per heavy atom. The van der Waals surface area contributed by atoms with Crippen molar-refractivity contribution in [3.05, 3.63) is 42.0 Å². The number of allylic oxidation sites excluding steroid dienone is 1. The topological polar surface area (TPSA) is 26.3 Å². The fraction of sp³-hybridized carbons (Fsp3) is 0.308. The fourth-order valence-electron chi connectivity index (χ4n) is 1.26. The van der Waals surface area contributed by atoms with Gasteiger partial charge in [0.2, 0.25) is 0 Å². The molecule has 0 aromatic heterocycles. The van der Waals surface area contributed by atoms with Crippen LogP contribution in [0.3, 0.4) is 0 Å². The Morgan fingerprint density at radius 2 is 2.00 bits per heavy atom. The lowest BCUT2D eigenvalue weighted by atomic mass is 10.2. The number of hydrogen-bond donors (Lipinski definition) is 0. The zero-order chi connectivity index (χ0) is 10.8. The van der Waals surface area contributed by atoms with Crippen LogP contribution in [0.1, 0.15) is 24.8 Å². The van der Waals surface area contributed by atoms with E-state index in [0.717, 1.165) is 19.3 Å². The number of rotatable bonds is 7. The molecule has 2 nitrogen and oxygen atoms in total. The molecule has 1 aromatic carbocycles. The lowest BCUT2D eigenvalue weighted by Gasteiger charge is -1.95. The van der Waals surface area contributed by atoms with E-state index in [1.807, 2.05) is 18.2 Å².